The Morgan fingerprint density at radius 3 is 2.57 bits per heavy atom. The molecule has 2 aliphatic rings. The Balaban J connectivity index is 1.50. The van der Waals surface area contributed by atoms with E-state index in [1.165, 1.54) is 38.9 Å². The van der Waals surface area contributed by atoms with Crippen molar-refractivity contribution < 1.29 is 9.47 Å². The Labute approximate surface area is 169 Å². The quantitative estimate of drug-likeness (QED) is 0.548. The van der Waals surface area contributed by atoms with E-state index in [1.807, 2.05) is 24.3 Å². The van der Waals surface area contributed by atoms with E-state index in [4.69, 9.17) is 14.5 Å². The highest BCUT2D eigenvalue weighted by molar-refractivity contribution is 5.80. The van der Waals surface area contributed by atoms with E-state index >= 15 is 0 Å². The largest absolute Gasteiger partial charge is 0.497 e. The van der Waals surface area contributed by atoms with Crippen molar-refractivity contribution in [1.29, 1.82) is 0 Å². The molecule has 3 rings (SSSR count). The molecule has 0 saturated carbocycles. The van der Waals surface area contributed by atoms with Gasteiger partial charge in [0.1, 0.15) is 17.6 Å². The molecule has 0 amide bonds. The van der Waals surface area contributed by atoms with E-state index in [1.54, 1.807) is 7.11 Å². The molecule has 0 aliphatic carbocycles. The van der Waals surface area contributed by atoms with Gasteiger partial charge in [-0.3, -0.25) is 0 Å². The summed E-state index contributed by atoms with van der Waals surface area (Å²) in [5.74, 6) is 3.47. The summed E-state index contributed by atoms with van der Waals surface area (Å²) in [6.45, 7) is 11.7. The van der Waals surface area contributed by atoms with Crippen LogP contribution in [0.3, 0.4) is 0 Å². The molecular weight excluding hydrogens is 352 g/mol. The molecule has 0 radical (unpaired) electrons. The smallest absolute Gasteiger partial charge is 0.194 e. The molecule has 2 heterocycles. The van der Waals surface area contributed by atoms with Gasteiger partial charge in [0.2, 0.25) is 0 Å². The van der Waals surface area contributed by atoms with Gasteiger partial charge in [0.15, 0.2) is 5.96 Å². The van der Waals surface area contributed by atoms with Gasteiger partial charge in [-0.05, 0) is 76.4 Å². The summed E-state index contributed by atoms with van der Waals surface area (Å²) in [5, 5.41) is 3.46. The molecule has 2 aliphatic heterocycles. The highest BCUT2D eigenvalue weighted by Crippen LogP contribution is 2.21. The zero-order valence-corrected chi connectivity index (χ0v) is 17.7. The lowest BCUT2D eigenvalue weighted by Crippen LogP contribution is -2.41. The second kappa shape index (κ2) is 10.6. The molecule has 2 atom stereocenters. The van der Waals surface area contributed by atoms with Crippen LogP contribution in [0, 0.1) is 5.92 Å². The van der Waals surface area contributed by atoms with Crippen LogP contribution in [0.4, 0.5) is 0 Å². The Hall–Kier alpha value is -1.95. The number of methoxy groups -OCH3 is 1. The van der Waals surface area contributed by atoms with E-state index in [2.05, 4.69) is 29.0 Å². The lowest BCUT2D eigenvalue weighted by Gasteiger charge is -2.24. The lowest BCUT2D eigenvalue weighted by atomic mass is 10.1. The summed E-state index contributed by atoms with van der Waals surface area (Å²) in [6, 6.07) is 7.71. The molecule has 1 aromatic rings. The molecule has 2 fully saturated rings. The molecule has 28 heavy (non-hydrogen) atoms. The first-order chi connectivity index (χ1) is 13.7. The number of benzene rings is 1. The van der Waals surface area contributed by atoms with E-state index in [9.17, 15) is 0 Å². The average molecular weight is 389 g/mol. The number of hydrogen-bond donors (Lipinski definition) is 1. The maximum absolute atomic E-state index is 6.00. The third-order valence-corrected chi connectivity index (χ3v) is 5.53. The Morgan fingerprint density at radius 2 is 1.89 bits per heavy atom. The van der Waals surface area contributed by atoms with Crippen LogP contribution in [0.15, 0.2) is 29.3 Å². The van der Waals surface area contributed by atoms with Crippen molar-refractivity contribution in [2.45, 2.75) is 39.2 Å². The maximum atomic E-state index is 6.00. The van der Waals surface area contributed by atoms with Crippen LogP contribution >= 0.6 is 0 Å². The third kappa shape index (κ3) is 6.03. The molecule has 6 heteroatoms. The molecule has 6 nitrogen and oxygen atoms in total. The second-order valence-corrected chi connectivity index (χ2v) is 7.91. The molecule has 1 aromatic carbocycles. The zero-order chi connectivity index (χ0) is 19.8. The number of guanidine groups is 1. The molecule has 2 unspecified atom stereocenters. The molecule has 0 bridgehead atoms. The Morgan fingerprint density at radius 1 is 1.18 bits per heavy atom. The number of nitrogens with one attached hydrogen (secondary N) is 1. The fraction of sp³-hybridized carbons (Fsp3) is 0.682. The minimum Gasteiger partial charge on any atom is -0.497 e. The van der Waals surface area contributed by atoms with E-state index in [-0.39, 0.29) is 6.10 Å². The van der Waals surface area contributed by atoms with Crippen LogP contribution in [0.1, 0.15) is 33.1 Å². The highest BCUT2D eigenvalue weighted by atomic mass is 16.5. The average Bonchev–Trinajstić information content (AvgIpc) is 3.38. The molecule has 156 valence electrons. The lowest BCUT2D eigenvalue weighted by molar-refractivity contribution is 0.229. The van der Waals surface area contributed by atoms with Gasteiger partial charge in [0.05, 0.1) is 13.7 Å². The molecule has 0 aromatic heterocycles. The summed E-state index contributed by atoms with van der Waals surface area (Å²) in [7, 11) is 1.67. The van der Waals surface area contributed by atoms with Gasteiger partial charge in [-0.25, -0.2) is 4.99 Å². The van der Waals surface area contributed by atoms with Crippen LogP contribution in [0.5, 0.6) is 11.5 Å². The van der Waals surface area contributed by atoms with Crippen LogP contribution < -0.4 is 14.8 Å². The number of likely N-dealkylation sites (tertiary alicyclic amines) is 2. The first-order valence-electron chi connectivity index (χ1n) is 10.7. The molecule has 2 saturated heterocycles. The van der Waals surface area contributed by atoms with Gasteiger partial charge in [0, 0.05) is 26.2 Å². The van der Waals surface area contributed by atoms with Crippen LogP contribution in [-0.2, 0) is 0 Å². The van der Waals surface area contributed by atoms with Gasteiger partial charge in [-0.15, -0.1) is 0 Å². The van der Waals surface area contributed by atoms with E-state index < -0.39 is 0 Å². The summed E-state index contributed by atoms with van der Waals surface area (Å²) in [4.78, 5) is 9.91. The minimum absolute atomic E-state index is 0.0186. The first-order valence-corrected chi connectivity index (χ1v) is 10.7. The van der Waals surface area contributed by atoms with Gasteiger partial charge < -0.3 is 24.6 Å². The second-order valence-electron chi connectivity index (χ2n) is 7.91. The van der Waals surface area contributed by atoms with Crippen molar-refractivity contribution in [2.75, 3.05) is 52.9 Å². The van der Waals surface area contributed by atoms with Gasteiger partial charge in [-0.1, -0.05) is 0 Å². The summed E-state index contributed by atoms with van der Waals surface area (Å²) in [6.07, 6.45) is 4.02. The number of hydrogen-bond acceptors (Lipinski definition) is 4. The van der Waals surface area contributed by atoms with Gasteiger partial charge in [-0.2, -0.15) is 0 Å². The van der Waals surface area contributed by atoms with E-state index in [0.717, 1.165) is 43.0 Å². The Kier molecular flexibility index (Phi) is 7.83. The number of aliphatic imine (C=N–C) groups is 1. The normalized spacial score (nSPS) is 21.8. The standard InChI is InChI=1S/C22H36N4O2/c1-4-23-22(26-14-11-19(17-26)16-25-12-5-6-13-25)24-15-18(2)28-21-9-7-20(27-3)8-10-21/h7-10,18-19H,4-6,11-17H2,1-3H3,(H,23,24). The van der Waals surface area contributed by atoms with Crippen molar-refractivity contribution in [3.8, 4) is 11.5 Å². The number of nitrogens with zero attached hydrogens (tertiary/aromatic N) is 3. The molecule has 1 N–H and O–H groups in total. The van der Waals surface area contributed by atoms with Crippen molar-refractivity contribution in [2.24, 2.45) is 10.9 Å². The molecule has 0 spiro atoms. The monoisotopic (exact) mass is 388 g/mol. The fourth-order valence-electron chi connectivity index (χ4n) is 4.07. The first kappa shape index (κ1) is 20.8. The Bertz CT molecular complexity index is 613. The maximum Gasteiger partial charge on any atom is 0.194 e. The summed E-state index contributed by atoms with van der Waals surface area (Å²) < 4.78 is 11.2. The minimum atomic E-state index is 0.0186. The van der Waals surface area contributed by atoms with Gasteiger partial charge >= 0.3 is 0 Å². The summed E-state index contributed by atoms with van der Waals surface area (Å²) >= 11 is 0. The van der Waals surface area contributed by atoms with Crippen molar-refractivity contribution in [3.05, 3.63) is 24.3 Å². The SMILES string of the molecule is CCNC(=NCC(C)Oc1ccc(OC)cc1)N1CCC(CN2CCCC2)C1. The van der Waals surface area contributed by atoms with Crippen molar-refractivity contribution >= 4 is 5.96 Å². The number of ether oxygens (including phenoxy) is 2. The van der Waals surface area contributed by atoms with Crippen LogP contribution in [-0.4, -0.2) is 74.8 Å². The third-order valence-electron chi connectivity index (χ3n) is 5.53. The van der Waals surface area contributed by atoms with E-state index in [0.29, 0.717) is 6.54 Å². The van der Waals surface area contributed by atoms with Gasteiger partial charge in [0.25, 0.3) is 0 Å². The van der Waals surface area contributed by atoms with Crippen molar-refractivity contribution in [3.63, 3.8) is 0 Å². The predicted octanol–water partition coefficient (Wildman–Crippen LogP) is 2.85. The molecular formula is C22H36N4O2. The van der Waals surface area contributed by atoms with Crippen LogP contribution in [0.2, 0.25) is 0 Å². The fourth-order valence-corrected chi connectivity index (χ4v) is 4.07. The predicted molar refractivity (Wildman–Crippen MR) is 114 cm³/mol. The summed E-state index contributed by atoms with van der Waals surface area (Å²) in [5.41, 5.74) is 0. The van der Waals surface area contributed by atoms with Crippen molar-refractivity contribution in [1.82, 2.24) is 15.1 Å². The highest BCUT2D eigenvalue weighted by Gasteiger charge is 2.27. The van der Waals surface area contributed by atoms with Crippen LogP contribution in [0.25, 0.3) is 0 Å². The number of rotatable bonds is 8. The topological polar surface area (TPSA) is 49.3 Å². The zero-order valence-electron chi connectivity index (χ0n) is 17.7.